The van der Waals surface area contributed by atoms with Gasteiger partial charge in [0.05, 0.1) is 5.41 Å². The number of rotatable bonds is 3. The minimum absolute atomic E-state index is 0.119. The van der Waals surface area contributed by atoms with Gasteiger partial charge in [-0.05, 0) is 111 Å². The Bertz CT molecular complexity index is 3070. The Morgan fingerprint density at radius 3 is 1.57 bits per heavy atom. The van der Waals surface area contributed by atoms with E-state index >= 15 is 0 Å². The lowest BCUT2D eigenvalue weighted by Gasteiger charge is -2.34. The Morgan fingerprint density at radius 1 is 0.410 bits per heavy atom. The van der Waals surface area contributed by atoms with E-state index in [2.05, 4.69) is 199 Å². The second-order valence-electron chi connectivity index (χ2n) is 17.5. The molecule has 298 valence electrons. The molecule has 0 spiro atoms. The minimum atomic E-state index is -0.413. The van der Waals surface area contributed by atoms with Crippen LogP contribution in [-0.4, -0.2) is 0 Å². The van der Waals surface area contributed by atoms with Gasteiger partial charge in [-0.1, -0.05) is 220 Å². The first-order valence-electron chi connectivity index (χ1n) is 21.4. The fourth-order valence-corrected chi connectivity index (χ4v) is 9.33. The van der Waals surface area contributed by atoms with Crippen molar-refractivity contribution >= 4 is 32.7 Å². The van der Waals surface area contributed by atoms with E-state index in [-0.39, 0.29) is 5.41 Å². The molecule has 10 aromatic rings. The van der Waals surface area contributed by atoms with E-state index in [0.717, 1.165) is 11.2 Å². The zero-order chi connectivity index (χ0) is 42.1. The summed E-state index contributed by atoms with van der Waals surface area (Å²) in [6.45, 7) is 13.2. The lowest BCUT2D eigenvalue weighted by Crippen LogP contribution is -2.28. The van der Waals surface area contributed by atoms with Gasteiger partial charge in [0.15, 0.2) is 0 Å². The number of fused-ring (bicyclic) bond motifs is 8. The smallest absolute Gasteiger partial charge is 0.135 e. The molecule has 0 bridgehead atoms. The minimum Gasteiger partial charge on any atom is -0.456 e. The molecule has 0 atom stereocenters. The zero-order valence-corrected chi connectivity index (χ0v) is 36.0. The molecule has 0 radical (unpaired) electrons. The largest absolute Gasteiger partial charge is 0.456 e. The van der Waals surface area contributed by atoms with Crippen molar-refractivity contribution in [3.05, 3.63) is 251 Å². The van der Waals surface area contributed by atoms with Gasteiger partial charge in [-0.25, -0.2) is 0 Å². The van der Waals surface area contributed by atoms with Gasteiger partial charge in [-0.2, -0.15) is 0 Å². The molecular formula is C60H52O. The number of benzene rings is 9. The summed E-state index contributed by atoms with van der Waals surface area (Å²) in [5, 5.41) is 5.06. The van der Waals surface area contributed by atoms with Crippen LogP contribution in [-0.2, 0) is 10.8 Å². The van der Waals surface area contributed by atoms with Crippen molar-refractivity contribution in [3.8, 4) is 22.3 Å². The van der Waals surface area contributed by atoms with Crippen molar-refractivity contribution in [2.45, 2.75) is 52.4 Å². The van der Waals surface area contributed by atoms with Crippen LogP contribution in [0, 0.1) is 20.8 Å². The molecule has 0 fully saturated rings. The van der Waals surface area contributed by atoms with E-state index in [4.69, 9.17) is 4.42 Å². The second kappa shape index (κ2) is 16.2. The Labute approximate surface area is 361 Å². The Hall–Kier alpha value is -6.96. The van der Waals surface area contributed by atoms with E-state index in [1.165, 1.54) is 88.3 Å². The van der Waals surface area contributed by atoms with Crippen LogP contribution in [0.1, 0.15) is 65.3 Å². The number of para-hydroxylation sites is 1. The molecule has 0 amide bonds. The molecule has 1 heteroatoms. The summed E-state index contributed by atoms with van der Waals surface area (Å²) < 4.78 is 5.73. The van der Waals surface area contributed by atoms with Crippen molar-refractivity contribution in [2.24, 2.45) is 0 Å². The van der Waals surface area contributed by atoms with E-state index in [1.807, 2.05) is 48.5 Å². The lowest BCUT2D eigenvalue weighted by atomic mass is 9.67. The monoisotopic (exact) mass is 788 g/mol. The van der Waals surface area contributed by atoms with Gasteiger partial charge in [-0.15, -0.1) is 0 Å². The number of hydrogen-bond donors (Lipinski definition) is 0. The average Bonchev–Trinajstić information content (AvgIpc) is 3.82. The summed E-state index contributed by atoms with van der Waals surface area (Å²) in [4.78, 5) is 0. The third kappa shape index (κ3) is 7.25. The van der Waals surface area contributed by atoms with Gasteiger partial charge in [0, 0.05) is 10.8 Å². The van der Waals surface area contributed by atoms with Gasteiger partial charge in [0.25, 0.3) is 0 Å². The first-order valence-corrected chi connectivity index (χ1v) is 21.4. The predicted molar refractivity (Wildman–Crippen MR) is 260 cm³/mol. The first kappa shape index (κ1) is 39.5. The summed E-state index contributed by atoms with van der Waals surface area (Å²) in [5.41, 5.74) is 17.4. The molecular weight excluding hydrogens is 737 g/mol. The number of furan rings is 1. The van der Waals surface area contributed by atoms with Gasteiger partial charge >= 0.3 is 0 Å². The van der Waals surface area contributed by atoms with Crippen LogP contribution in [0.5, 0.6) is 0 Å². The fourth-order valence-electron chi connectivity index (χ4n) is 9.33. The van der Waals surface area contributed by atoms with Crippen molar-refractivity contribution < 1.29 is 4.42 Å². The van der Waals surface area contributed by atoms with E-state index in [9.17, 15) is 0 Å². The van der Waals surface area contributed by atoms with Crippen LogP contribution < -0.4 is 0 Å². The standard InChI is InChI=1S/C40H34.C13H10O.C7H8/c1-27-19-24-34-36(25-27)40(30-13-7-5-8-14-30,31-15-9-6-10-16-31)37-26-35(32-17-11-12-18-33(32)38(34)37)28-20-22-29(23-21-28)39(2,3)4;1-9-5-4-8-12-13(9)10-6-2-3-7-11(10)14-12;1-7-5-3-2-4-6-7/h5-26H,1-4H3;2-8H,1H3;2-6H,1H3. The molecule has 9 aromatic carbocycles. The molecule has 61 heavy (non-hydrogen) atoms. The first-order chi connectivity index (χ1) is 29.6. The third-order valence-electron chi connectivity index (χ3n) is 12.3. The fraction of sp³-hybridized carbons (Fsp3) is 0.133. The van der Waals surface area contributed by atoms with Crippen molar-refractivity contribution in [1.29, 1.82) is 0 Å². The maximum Gasteiger partial charge on any atom is 0.135 e. The maximum atomic E-state index is 5.73. The average molecular weight is 789 g/mol. The highest BCUT2D eigenvalue weighted by Crippen LogP contribution is 2.59. The highest BCUT2D eigenvalue weighted by molar-refractivity contribution is 6.10. The van der Waals surface area contributed by atoms with Gasteiger partial charge in [0.1, 0.15) is 11.2 Å². The molecule has 0 saturated heterocycles. The topological polar surface area (TPSA) is 13.1 Å². The summed E-state index contributed by atoms with van der Waals surface area (Å²) in [6.07, 6.45) is 0. The molecule has 1 nitrogen and oxygen atoms in total. The molecule has 1 aromatic heterocycles. The van der Waals surface area contributed by atoms with Gasteiger partial charge in [-0.3, -0.25) is 0 Å². The molecule has 11 rings (SSSR count). The summed E-state index contributed by atoms with van der Waals surface area (Å²) in [6, 6.07) is 74.5. The van der Waals surface area contributed by atoms with E-state index in [0.29, 0.717) is 0 Å². The molecule has 0 N–H and O–H groups in total. The van der Waals surface area contributed by atoms with Crippen LogP contribution in [0.2, 0.25) is 0 Å². The van der Waals surface area contributed by atoms with Crippen molar-refractivity contribution in [3.63, 3.8) is 0 Å². The highest BCUT2D eigenvalue weighted by atomic mass is 16.3. The molecule has 0 aliphatic heterocycles. The summed E-state index contributed by atoms with van der Waals surface area (Å²) >= 11 is 0. The van der Waals surface area contributed by atoms with Crippen LogP contribution in [0.25, 0.3) is 55.0 Å². The molecule has 1 heterocycles. The van der Waals surface area contributed by atoms with Crippen molar-refractivity contribution in [1.82, 2.24) is 0 Å². The Morgan fingerprint density at radius 2 is 0.967 bits per heavy atom. The third-order valence-corrected chi connectivity index (χ3v) is 12.3. The SMILES string of the molecule is Cc1ccc2c(c1)C(c1ccccc1)(c1ccccc1)c1cc(-c3ccc(C(C)(C)C)cc3)c3ccccc3c1-2.Cc1cccc2oc3ccccc3c12.Cc1ccccc1. The summed E-state index contributed by atoms with van der Waals surface area (Å²) in [7, 11) is 0. The van der Waals surface area contributed by atoms with Gasteiger partial charge in [0.2, 0.25) is 0 Å². The molecule has 1 aliphatic rings. The summed E-state index contributed by atoms with van der Waals surface area (Å²) in [5.74, 6) is 0. The zero-order valence-electron chi connectivity index (χ0n) is 36.0. The number of hydrogen-bond acceptors (Lipinski definition) is 1. The van der Waals surface area contributed by atoms with Gasteiger partial charge < -0.3 is 4.42 Å². The van der Waals surface area contributed by atoms with Crippen LogP contribution in [0.4, 0.5) is 0 Å². The highest BCUT2D eigenvalue weighted by Gasteiger charge is 2.47. The second-order valence-corrected chi connectivity index (χ2v) is 17.5. The van der Waals surface area contributed by atoms with Crippen LogP contribution in [0.3, 0.4) is 0 Å². The molecule has 0 saturated carbocycles. The molecule has 1 aliphatic carbocycles. The Balaban J connectivity index is 0.000000184. The lowest BCUT2D eigenvalue weighted by molar-refractivity contribution is 0.590. The quantitative estimate of drug-likeness (QED) is 0.174. The number of aryl methyl sites for hydroxylation is 3. The van der Waals surface area contributed by atoms with E-state index < -0.39 is 5.41 Å². The van der Waals surface area contributed by atoms with Crippen molar-refractivity contribution in [2.75, 3.05) is 0 Å². The normalized spacial score (nSPS) is 12.6. The Kier molecular flexibility index (Phi) is 10.5. The maximum absolute atomic E-state index is 5.73. The molecule has 0 unspecified atom stereocenters. The predicted octanol–water partition coefficient (Wildman–Crippen LogP) is 16.4. The van der Waals surface area contributed by atoms with E-state index in [1.54, 1.807) is 0 Å². The van der Waals surface area contributed by atoms with Crippen LogP contribution in [0.15, 0.2) is 211 Å². The van der Waals surface area contributed by atoms with Crippen LogP contribution >= 0.6 is 0 Å².